The maximum atomic E-state index is 12.7. The zero-order chi connectivity index (χ0) is 20.5. The van der Waals surface area contributed by atoms with Crippen LogP contribution in [0, 0.1) is 11.3 Å². The molecule has 0 amide bonds. The van der Waals surface area contributed by atoms with Crippen molar-refractivity contribution in [2.75, 3.05) is 28.4 Å². The monoisotopic (exact) mass is 386 g/mol. The number of methoxy groups -OCH3 is 4. The Hall–Kier alpha value is -2.89. The van der Waals surface area contributed by atoms with Gasteiger partial charge < -0.3 is 23.7 Å². The lowest BCUT2D eigenvalue weighted by Gasteiger charge is -2.32. The third-order valence-corrected chi connectivity index (χ3v) is 5.60. The highest BCUT2D eigenvalue weighted by atomic mass is 16.5. The van der Waals surface area contributed by atoms with Crippen LogP contribution >= 0.6 is 0 Å². The summed E-state index contributed by atoms with van der Waals surface area (Å²) in [5.74, 6) is 1.88. The summed E-state index contributed by atoms with van der Waals surface area (Å²) in [5, 5.41) is 0. The fraction of sp³-hybridized carbons (Fsp3) is 0.409. The second-order valence-electron chi connectivity index (χ2n) is 6.88. The van der Waals surface area contributed by atoms with Crippen molar-refractivity contribution in [2.24, 2.45) is 11.3 Å². The molecule has 2 aliphatic rings. The van der Waals surface area contributed by atoms with Crippen LogP contribution in [0.4, 0.5) is 0 Å². The van der Waals surface area contributed by atoms with Gasteiger partial charge in [-0.25, -0.2) is 0 Å². The summed E-state index contributed by atoms with van der Waals surface area (Å²) in [4.78, 5) is 12.7. The molecule has 150 valence electrons. The zero-order valence-electron chi connectivity index (χ0n) is 16.9. The van der Waals surface area contributed by atoms with Gasteiger partial charge >= 0.3 is 0 Å². The van der Waals surface area contributed by atoms with Crippen molar-refractivity contribution in [2.45, 2.75) is 19.4 Å². The lowest BCUT2D eigenvalue weighted by molar-refractivity contribution is -0.119. The number of hydrogen-bond acceptors (Lipinski definition) is 6. The summed E-state index contributed by atoms with van der Waals surface area (Å²) in [6.45, 7) is 5.99. The van der Waals surface area contributed by atoms with E-state index in [2.05, 4.69) is 13.5 Å². The molecular weight excluding hydrogens is 360 g/mol. The Balaban J connectivity index is 2.14. The summed E-state index contributed by atoms with van der Waals surface area (Å²) in [7, 11) is 6.14. The van der Waals surface area contributed by atoms with Gasteiger partial charge in [0.05, 0.1) is 33.9 Å². The maximum Gasteiger partial charge on any atom is 0.265 e. The summed E-state index contributed by atoms with van der Waals surface area (Å²) >= 11 is 0. The summed E-state index contributed by atoms with van der Waals surface area (Å²) in [6.07, 6.45) is 3.95. The highest BCUT2D eigenvalue weighted by molar-refractivity contribution is 6.07. The first kappa shape index (κ1) is 19.9. The second-order valence-corrected chi connectivity index (χ2v) is 6.88. The Morgan fingerprint density at radius 3 is 2.39 bits per heavy atom. The molecule has 0 aromatic heterocycles. The minimum atomic E-state index is -0.579. The van der Waals surface area contributed by atoms with Gasteiger partial charge in [-0.05, 0) is 30.2 Å². The van der Waals surface area contributed by atoms with E-state index >= 15 is 0 Å². The molecule has 3 rings (SSSR count). The minimum absolute atomic E-state index is 0.0120. The van der Waals surface area contributed by atoms with E-state index in [9.17, 15) is 4.79 Å². The van der Waals surface area contributed by atoms with Gasteiger partial charge in [0.2, 0.25) is 5.76 Å². The summed E-state index contributed by atoms with van der Waals surface area (Å²) < 4.78 is 27.9. The molecule has 0 bridgehead atoms. The van der Waals surface area contributed by atoms with Crippen LogP contribution < -0.4 is 9.47 Å². The molecule has 6 heteroatoms. The Bertz CT molecular complexity index is 853. The summed E-state index contributed by atoms with van der Waals surface area (Å²) in [6, 6.07) is 5.69. The van der Waals surface area contributed by atoms with Crippen LogP contribution in [0.15, 0.2) is 54.2 Å². The van der Waals surface area contributed by atoms with E-state index in [0.717, 1.165) is 5.56 Å². The standard InChI is InChI=1S/C22H26O6/c1-7-10-22-12-17(26-5)18(23)20(27-6)21(22)28-19(13(22)2)14-8-9-15(24-3)16(11-14)25-4/h7-9,11-13,19H,1,10H2,2-6H3/t13-,19+,22+/m0/s1. The molecular formula is C22H26O6. The molecule has 6 nitrogen and oxygen atoms in total. The molecule has 0 radical (unpaired) electrons. The van der Waals surface area contributed by atoms with E-state index in [-0.39, 0.29) is 29.3 Å². The third-order valence-electron chi connectivity index (χ3n) is 5.60. The molecule has 1 aliphatic carbocycles. The van der Waals surface area contributed by atoms with Gasteiger partial charge in [0.15, 0.2) is 23.0 Å². The highest BCUT2D eigenvalue weighted by Gasteiger charge is 2.56. The number of carbonyl (C=O) groups excluding carboxylic acids is 1. The number of Topliss-reactive ketones (excluding diaryl/α,β-unsaturated/α-hetero) is 1. The van der Waals surface area contributed by atoms with Crippen LogP contribution in [0.3, 0.4) is 0 Å². The van der Waals surface area contributed by atoms with Gasteiger partial charge in [0.25, 0.3) is 5.78 Å². The number of carbonyl (C=O) groups is 1. The van der Waals surface area contributed by atoms with Crippen molar-refractivity contribution in [3.05, 3.63) is 59.8 Å². The largest absolute Gasteiger partial charge is 0.493 e. The van der Waals surface area contributed by atoms with E-state index in [1.807, 2.05) is 30.4 Å². The number of benzene rings is 1. The van der Waals surface area contributed by atoms with Crippen molar-refractivity contribution in [3.8, 4) is 11.5 Å². The van der Waals surface area contributed by atoms with Gasteiger partial charge in [0.1, 0.15) is 6.10 Å². The molecule has 0 unspecified atom stereocenters. The van der Waals surface area contributed by atoms with Crippen LogP contribution in [0.2, 0.25) is 0 Å². The average Bonchev–Trinajstić information content (AvgIpc) is 2.99. The number of fused-ring (bicyclic) bond motifs is 1. The van der Waals surface area contributed by atoms with Gasteiger partial charge in [-0.1, -0.05) is 19.1 Å². The van der Waals surface area contributed by atoms with Crippen LogP contribution in [-0.4, -0.2) is 34.2 Å². The minimum Gasteiger partial charge on any atom is -0.493 e. The zero-order valence-corrected chi connectivity index (χ0v) is 16.9. The summed E-state index contributed by atoms with van der Waals surface area (Å²) in [5.41, 5.74) is 0.343. The van der Waals surface area contributed by atoms with Crippen molar-refractivity contribution in [1.29, 1.82) is 0 Å². The van der Waals surface area contributed by atoms with Gasteiger partial charge in [-0.15, -0.1) is 6.58 Å². The number of hydrogen-bond donors (Lipinski definition) is 0. The number of ether oxygens (including phenoxy) is 5. The third kappa shape index (κ3) is 2.84. The lowest BCUT2D eigenvalue weighted by Crippen LogP contribution is -2.32. The van der Waals surface area contributed by atoms with Crippen LogP contribution in [0.1, 0.15) is 25.0 Å². The van der Waals surface area contributed by atoms with Crippen molar-refractivity contribution in [1.82, 2.24) is 0 Å². The van der Waals surface area contributed by atoms with Gasteiger partial charge in [-0.2, -0.15) is 0 Å². The Morgan fingerprint density at radius 2 is 1.82 bits per heavy atom. The SMILES string of the molecule is C=CC[C@]12C=C(OC)C(=O)C(OC)=C1O[C@@H](c1ccc(OC)c(OC)c1)[C@@H]2C. The van der Waals surface area contributed by atoms with E-state index in [4.69, 9.17) is 23.7 Å². The molecule has 28 heavy (non-hydrogen) atoms. The Labute approximate surface area is 165 Å². The quantitative estimate of drug-likeness (QED) is 0.662. The van der Waals surface area contributed by atoms with Crippen molar-refractivity contribution >= 4 is 5.78 Å². The van der Waals surface area contributed by atoms with Crippen molar-refractivity contribution < 1.29 is 28.5 Å². The first-order valence-electron chi connectivity index (χ1n) is 9.07. The maximum absolute atomic E-state index is 12.7. The molecule has 0 saturated carbocycles. The van der Waals surface area contributed by atoms with Crippen LogP contribution in [0.25, 0.3) is 0 Å². The first-order valence-corrected chi connectivity index (χ1v) is 9.07. The topological polar surface area (TPSA) is 63.2 Å². The predicted octanol–water partition coefficient (Wildman–Crippen LogP) is 3.94. The lowest BCUT2D eigenvalue weighted by atomic mass is 9.68. The first-order chi connectivity index (χ1) is 13.5. The van der Waals surface area contributed by atoms with Crippen molar-refractivity contribution in [3.63, 3.8) is 0 Å². The van der Waals surface area contributed by atoms with Gasteiger partial charge in [0, 0.05) is 5.92 Å². The number of ketones is 1. The number of allylic oxidation sites excluding steroid dienone is 2. The molecule has 1 heterocycles. The van der Waals surface area contributed by atoms with E-state index in [1.54, 1.807) is 14.2 Å². The highest BCUT2D eigenvalue weighted by Crippen LogP contribution is 2.59. The molecule has 1 saturated heterocycles. The Morgan fingerprint density at radius 1 is 1.11 bits per heavy atom. The molecule has 3 atom stereocenters. The second kappa shape index (κ2) is 7.62. The van der Waals surface area contributed by atoms with Crippen LogP contribution in [0.5, 0.6) is 11.5 Å². The van der Waals surface area contributed by atoms with Crippen LogP contribution in [-0.2, 0) is 19.0 Å². The normalized spacial score (nSPS) is 26.2. The van der Waals surface area contributed by atoms with E-state index in [0.29, 0.717) is 23.7 Å². The molecule has 1 aromatic rings. The molecule has 1 aromatic carbocycles. The fourth-order valence-corrected chi connectivity index (χ4v) is 4.09. The molecule has 1 fully saturated rings. The molecule has 0 spiro atoms. The predicted molar refractivity (Wildman–Crippen MR) is 104 cm³/mol. The average molecular weight is 386 g/mol. The molecule has 0 N–H and O–H groups in total. The fourth-order valence-electron chi connectivity index (χ4n) is 4.09. The Kier molecular flexibility index (Phi) is 5.40. The van der Waals surface area contributed by atoms with E-state index < -0.39 is 5.41 Å². The van der Waals surface area contributed by atoms with Gasteiger partial charge in [-0.3, -0.25) is 4.79 Å². The molecule has 1 aliphatic heterocycles. The number of rotatable bonds is 7. The van der Waals surface area contributed by atoms with E-state index in [1.165, 1.54) is 14.2 Å². The smallest absolute Gasteiger partial charge is 0.265 e.